The number of carboxylic acids is 1. The van der Waals surface area contributed by atoms with Crippen LogP contribution >= 0.6 is 23.4 Å². The zero-order valence-electron chi connectivity index (χ0n) is 9.84. The molecule has 4 nitrogen and oxygen atoms in total. The standard InChI is InChI=1S/C13H11ClO4S/c14-9-1-3-10(4-2-9)17-7-8-19-12-6-5-11(18-12)13(15)16/h1-6H,7-8H2,(H,15,16). The molecule has 6 heteroatoms. The Morgan fingerprint density at radius 3 is 2.63 bits per heavy atom. The minimum atomic E-state index is -1.07. The van der Waals surface area contributed by atoms with E-state index in [0.29, 0.717) is 22.5 Å². The Balaban J connectivity index is 1.74. The lowest BCUT2D eigenvalue weighted by Crippen LogP contribution is -1.99. The van der Waals surface area contributed by atoms with Crippen LogP contribution in [-0.4, -0.2) is 23.4 Å². The van der Waals surface area contributed by atoms with Crippen LogP contribution in [0.5, 0.6) is 5.75 Å². The topological polar surface area (TPSA) is 59.7 Å². The summed E-state index contributed by atoms with van der Waals surface area (Å²) in [7, 11) is 0. The van der Waals surface area contributed by atoms with Gasteiger partial charge < -0.3 is 14.3 Å². The van der Waals surface area contributed by atoms with E-state index >= 15 is 0 Å². The highest BCUT2D eigenvalue weighted by Gasteiger charge is 2.08. The van der Waals surface area contributed by atoms with Crippen LogP contribution in [0.4, 0.5) is 0 Å². The predicted octanol–water partition coefficient (Wildman–Crippen LogP) is 3.80. The van der Waals surface area contributed by atoms with Crippen molar-refractivity contribution in [3.63, 3.8) is 0 Å². The van der Waals surface area contributed by atoms with Gasteiger partial charge in [-0.15, -0.1) is 0 Å². The average Bonchev–Trinajstić information content (AvgIpc) is 2.86. The zero-order valence-corrected chi connectivity index (χ0v) is 11.4. The Morgan fingerprint density at radius 2 is 2.00 bits per heavy atom. The molecule has 1 aromatic heterocycles. The van der Waals surface area contributed by atoms with E-state index in [-0.39, 0.29) is 5.76 Å². The van der Waals surface area contributed by atoms with Gasteiger partial charge in [-0.3, -0.25) is 0 Å². The van der Waals surface area contributed by atoms with E-state index < -0.39 is 5.97 Å². The molecule has 1 aromatic carbocycles. The molecule has 0 atom stereocenters. The molecule has 0 unspecified atom stereocenters. The number of halogens is 1. The van der Waals surface area contributed by atoms with E-state index in [1.807, 2.05) is 0 Å². The summed E-state index contributed by atoms with van der Waals surface area (Å²) in [4.78, 5) is 10.6. The molecule has 2 rings (SSSR count). The molecular formula is C13H11ClO4S. The molecule has 0 spiro atoms. The fourth-order valence-electron chi connectivity index (χ4n) is 1.35. The normalized spacial score (nSPS) is 10.4. The first kappa shape index (κ1) is 13.8. The number of furan rings is 1. The third-order valence-corrected chi connectivity index (χ3v) is 3.33. The van der Waals surface area contributed by atoms with Gasteiger partial charge in [-0.2, -0.15) is 0 Å². The molecule has 1 heterocycles. The first-order chi connectivity index (χ1) is 9.15. The molecular weight excluding hydrogens is 288 g/mol. The number of carboxylic acid groups (broad SMARTS) is 1. The van der Waals surface area contributed by atoms with Crippen LogP contribution in [0.25, 0.3) is 0 Å². The third-order valence-electron chi connectivity index (χ3n) is 2.20. The van der Waals surface area contributed by atoms with Gasteiger partial charge in [-0.1, -0.05) is 23.4 Å². The largest absolute Gasteiger partial charge is 0.493 e. The molecule has 0 aliphatic carbocycles. The summed E-state index contributed by atoms with van der Waals surface area (Å²) in [5, 5.41) is 9.93. The van der Waals surface area contributed by atoms with E-state index in [0.717, 1.165) is 5.75 Å². The number of hydrogen-bond donors (Lipinski definition) is 1. The fourth-order valence-corrected chi connectivity index (χ4v) is 2.15. The van der Waals surface area contributed by atoms with E-state index in [1.54, 1.807) is 30.3 Å². The molecule has 0 aliphatic rings. The van der Waals surface area contributed by atoms with Crippen LogP contribution in [0.3, 0.4) is 0 Å². The number of rotatable bonds is 6. The Kier molecular flexibility index (Phi) is 4.76. The Labute approximate surface area is 119 Å². The van der Waals surface area contributed by atoms with Crippen LogP contribution in [0.2, 0.25) is 5.02 Å². The third kappa shape index (κ3) is 4.22. The van der Waals surface area contributed by atoms with Crippen molar-refractivity contribution in [2.24, 2.45) is 0 Å². The molecule has 0 saturated carbocycles. The highest BCUT2D eigenvalue weighted by molar-refractivity contribution is 7.99. The second-order valence-corrected chi connectivity index (χ2v) is 5.11. The minimum Gasteiger partial charge on any atom is -0.493 e. The first-order valence-corrected chi connectivity index (χ1v) is 6.86. The number of benzene rings is 1. The van der Waals surface area contributed by atoms with Crippen molar-refractivity contribution >= 4 is 29.3 Å². The average molecular weight is 299 g/mol. The van der Waals surface area contributed by atoms with Crippen molar-refractivity contribution in [2.45, 2.75) is 5.09 Å². The maximum absolute atomic E-state index is 10.6. The lowest BCUT2D eigenvalue weighted by molar-refractivity contribution is 0.0656. The van der Waals surface area contributed by atoms with Crippen molar-refractivity contribution in [1.29, 1.82) is 0 Å². The Morgan fingerprint density at radius 1 is 1.26 bits per heavy atom. The van der Waals surface area contributed by atoms with Crippen molar-refractivity contribution in [3.8, 4) is 5.75 Å². The summed E-state index contributed by atoms with van der Waals surface area (Å²) in [5.41, 5.74) is 0. The van der Waals surface area contributed by atoms with Gasteiger partial charge in [0.2, 0.25) is 5.76 Å². The molecule has 100 valence electrons. The SMILES string of the molecule is O=C(O)c1ccc(SCCOc2ccc(Cl)cc2)o1. The van der Waals surface area contributed by atoms with Crippen LogP contribution in [0.1, 0.15) is 10.6 Å². The van der Waals surface area contributed by atoms with Gasteiger partial charge in [0, 0.05) is 10.8 Å². The summed E-state index contributed by atoms with van der Waals surface area (Å²) >= 11 is 7.16. The van der Waals surface area contributed by atoms with Gasteiger partial charge in [-0.25, -0.2) is 4.79 Å². The van der Waals surface area contributed by atoms with E-state index in [4.69, 9.17) is 25.9 Å². The summed E-state index contributed by atoms with van der Waals surface area (Å²) in [6, 6.07) is 10.2. The molecule has 0 saturated heterocycles. The van der Waals surface area contributed by atoms with Gasteiger partial charge in [0.05, 0.1) is 6.61 Å². The van der Waals surface area contributed by atoms with Gasteiger partial charge in [0.1, 0.15) is 5.75 Å². The Hall–Kier alpha value is -1.59. The lowest BCUT2D eigenvalue weighted by Gasteiger charge is -2.04. The maximum Gasteiger partial charge on any atom is 0.371 e. The van der Waals surface area contributed by atoms with Crippen molar-refractivity contribution in [1.82, 2.24) is 0 Å². The summed E-state index contributed by atoms with van der Waals surface area (Å²) in [6.07, 6.45) is 0. The molecule has 2 aromatic rings. The van der Waals surface area contributed by atoms with Gasteiger partial charge in [0.25, 0.3) is 0 Å². The fraction of sp³-hybridized carbons (Fsp3) is 0.154. The monoisotopic (exact) mass is 298 g/mol. The van der Waals surface area contributed by atoms with E-state index in [9.17, 15) is 4.79 Å². The second-order valence-electron chi connectivity index (χ2n) is 3.57. The van der Waals surface area contributed by atoms with Crippen LogP contribution in [0.15, 0.2) is 45.9 Å². The molecule has 19 heavy (non-hydrogen) atoms. The quantitative estimate of drug-likeness (QED) is 0.649. The number of ether oxygens (including phenoxy) is 1. The number of hydrogen-bond acceptors (Lipinski definition) is 4. The summed E-state index contributed by atoms with van der Waals surface area (Å²) in [5.74, 6) is 0.288. The first-order valence-electron chi connectivity index (χ1n) is 5.49. The number of thioether (sulfide) groups is 1. The molecule has 0 radical (unpaired) electrons. The van der Waals surface area contributed by atoms with Crippen LogP contribution < -0.4 is 4.74 Å². The van der Waals surface area contributed by atoms with Crippen LogP contribution in [0, 0.1) is 0 Å². The Bertz CT molecular complexity index is 550. The predicted molar refractivity (Wildman–Crippen MR) is 73.3 cm³/mol. The highest BCUT2D eigenvalue weighted by Crippen LogP contribution is 2.21. The minimum absolute atomic E-state index is 0.0545. The smallest absolute Gasteiger partial charge is 0.371 e. The highest BCUT2D eigenvalue weighted by atomic mass is 35.5. The van der Waals surface area contributed by atoms with Crippen molar-refractivity contribution < 1.29 is 19.1 Å². The van der Waals surface area contributed by atoms with Crippen molar-refractivity contribution in [3.05, 3.63) is 47.2 Å². The molecule has 1 N–H and O–H groups in total. The summed E-state index contributed by atoms with van der Waals surface area (Å²) in [6.45, 7) is 0.495. The number of aromatic carboxylic acids is 1. The van der Waals surface area contributed by atoms with Crippen molar-refractivity contribution in [2.75, 3.05) is 12.4 Å². The van der Waals surface area contributed by atoms with Crippen LogP contribution in [-0.2, 0) is 0 Å². The lowest BCUT2D eigenvalue weighted by atomic mass is 10.3. The number of carbonyl (C=O) groups is 1. The summed E-state index contributed by atoms with van der Waals surface area (Å²) < 4.78 is 10.6. The van der Waals surface area contributed by atoms with E-state index in [2.05, 4.69) is 0 Å². The maximum atomic E-state index is 10.6. The molecule has 0 fully saturated rings. The van der Waals surface area contributed by atoms with Gasteiger partial charge >= 0.3 is 5.97 Å². The van der Waals surface area contributed by atoms with E-state index in [1.165, 1.54) is 17.8 Å². The molecule has 0 aliphatic heterocycles. The van der Waals surface area contributed by atoms with Gasteiger partial charge in [0.15, 0.2) is 5.09 Å². The molecule has 0 amide bonds. The molecule has 0 bridgehead atoms. The van der Waals surface area contributed by atoms with Gasteiger partial charge in [-0.05, 0) is 36.4 Å². The zero-order chi connectivity index (χ0) is 13.7. The second kappa shape index (κ2) is 6.54.